The van der Waals surface area contributed by atoms with Crippen molar-refractivity contribution in [2.45, 2.75) is 6.18 Å². The number of imide groups is 1. The average molecular weight is 343 g/mol. The maximum Gasteiger partial charge on any atom is 0.405 e. The summed E-state index contributed by atoms with van der Waals surface area (Å²) in [6, 6.07) is 5.56. The van der Waals surface area contributed by atoms with E-state index in [2.05, 4.69) is 4.98 Å². The number of carbonyl (C=O) groups is 3. The number of benzene rings is 1. The second-order valence-corrected chi connectivity index (χ2v) is 4.67. The van der Waals surface area contributed by atoms with Crippen LogP contribution in [0.3, 0.4) is 0 Å². The molecule has 24 heavy (non-hydrogen) atoms. The molecular formula is C14H12F3N3O4. The van der Waals surface area contributed by atoms with Crippen LogP contribution in [-0.2, 0) is 9.53 Å². The zero-order chi connectivity index (χ0) is 17.7. The fourth-order valence-electron chi connectivity index (χ4n) is 1.84. The lowest BCUT2D eigenvalue weighted by Gasteiger charge is -2.09. The number of nitrogens with one attached hydrogen (secondary N) is 3. The fourth-order valence-corrected chi connectivity index (χ4v) is 1.84. The Labute approximate surface area is 133 Å². The standard InChI is InChI=1S/C14H12F3N3O4/c15-14(16,17)7-19-13(23)20-11(21)6-24-12(22)9-5-18-10-4-2-1-3-8(9)10/h1-5,18H,6-7H2,(H2,19,20,21,23). The van der Waals surface area contributed by atoms with Gasteiger partial charge in [-0.2, -0.15) is 13.2 Å². The summed E-state index contributed by atoms with van der Waals surface area (Å²) in [5.41, 5.74) is 0.889. The molecule has 10 heteroatoms. The summed E-state index contributed by atoms with van der Waals surface area (Å²) < 4.78 is 40.4. The SMILES string of the molecule is O=C(COC(=O)c1c[nH]c2ccccc12)NC(=O)NCC(F)(F)F. The second-order valence-electron chi connectivity index (χ2n) is 4.67. The lowest BCUT2D eigenvalue weighted by molar-refractivity contribution is -0.125. The molecule has 1 aromatic carbocycles. The van der Waals surface area contributed by atoms with Gasteiger partial charge in [-0.1, -0.05) is 18.2 Å². The molecule has 0 aliphatic carbocycles. The van der Waals surface area contributed by atoms with Crippen LogP contribution in [0.15, 0.2) is 30.5 Å². The van der Waals surface area contributed by atoms with Gasteiger partial charge in [0.05, 0.1) is 5.56 Å². The van der Waals surface area contributed by atoms with Crippen molar-refractivity contribution in [3.8, 4) is 0 Å². The number of amides is 3. The van der Waals surface area contributed by atoms with Crippen molar-refractivity contribution in [1.29, 1.82) is 0 Å². The molecule has 0 radical (unpaired) electrons. The highest BCUT2D eigenvalue weighted by molar-refractivity contribution is 6.05. The van der Waals surface area contributed by atoms with Gasteiger partial charge in [-0.3, -0.25) is 10.1 Å². The molecule has 1 aromatic heterocycles. The van der Waals surface area contributed by atoms with Gasteiger partial charge in [0.2, 0.25) is 0 Å². The van der Waals surface area contributed by atoms with E-state index in [1.54, 1.807) is 29.6 Å². The van der Waals surface area contributed by atoms with Crippen LogP contribution in [0, 0.1) is 0 Å². The molecule has 0 aliphatic rings. The first-order valence-corrected chi connectivity index (χ1v) is 6.64. The number of aromatic nitrogens is 1. The number of hydrogen-bond acceptors (Lipinski definition) is 4. The number of urea groups is 1. The molecule has 0 unspecified atom stereocenters. The van der Waals surface area contributed by atoms with Crippen molar-refractivity contribution in [1.82, 2.24) is 15.6 Å². The molecule has 0 aliphatic heterocycles. The van der Waals surface area contributed by atoms with Crippen molar-refractivity contribution in [2.75, 3.05) is 13.2 Å². The van der Waals surface area contributed by atoms with Gasteiger partial charge in [0.25, 0.3) is 5.91 Å². The van der Waals surface area contributed by atoms with Gasteiger partial charge >= 0.3 is 18.2 Å². The lowest BCUT2D eigenvalue weighted by atomic mass is 10.2. The van der Waals surface area contributed by atoms with Crippen LogP contribution < -0.4 is 10.6 Å². The molecule has 2 aromatic rings. The smallest absolute Gasteiger partial charge is 0.405 e. The van der Waals surface area contributed by atoms with Crippen molar-refractivity contribution in [2.24, 2.45) is 0 Å². The summed E-state index contributed by atoms with van der Waals surface area (Å²) in [6.07, 6.45) is -3.19. The van der Waals surface area contributed by atoms with E-state index in [1.807, 2.05) is 0 Å². The van der Waals surface area contributed by atoms with Crippen molar-refractivity contribution in [3.63, 3.8) is 0 Å². The van der Waals surface area contributed by atoms with E-state index in [9.17, 15) is 27.6 Å². The molecule has 0 saturated heterocycles. The van der Waals surface area contributed by atoms with Gasteiger partial charge < -0.3 is 15.0 Å². The van der Waals surface area contributed by atoms with Crippen LogP contribution in [0.4, 0.5) is 18.0 Å². The van der Waals surface area contributed by atoms with Gasteiger partial charge in [-0.15, -0.1) is 0 Å². The molecule has 2 rings (SSSR count). The van der Waals surface area contributed by atoms with E-state index in [0.717, 1.165) is 0 Å². The van der Waals surface area contributed by atoms with E-state index in [1.165, 1.54) is 11.5 Å². The summed E-state index contributed by atoms with van der Waals surface area (Å²) in [7, 11) is 0. The largest absolute Gasteiger partial charge is 0.452 e. The number of esters is 1. The molecule has 0 spiro atoms. The van der Waals surface area contributed by atoms with Crippen LogP contribution in [0.2, 0.25) is 0 Å². The van der Waals surface area contributed by atoms with Gasteiger partial charge in [-0.05, 0) is 6.07 Å². The maximum atomic E-state index is 11.9. The summed E-state index contributed by atoms with van der Waals surface area (Å²) in [5, 5.41) is 3.66. The molecule has 3 amide bonds. The number of carbonyl (C=O) groups excluding carboxylic acids is 3. The van der Waals surface area contributed by atoms with Crippen LogP contribution in [0.5, 0.6) is 0 Å². The highest BCUT2D eigenvalue weighted by Gasteiger charge is 2.28. The molecule has 0 fully saturated rings. The number of H-pyrrole nitrogens is 1. The molecule has 3 N–H and O–H groups in total. The summed E-state index contributed by atoms with van der Waals surface area (Å²) in [6.45, 7) is -2.39. The third kappa shape index (κ3) is 4.73. The van der Waals surface area contributed by atoms with Crippen molar-refractivity contribution < 1.29 is 32.3 Å². The monoisotopic (exact) mass is 343 g/mol. The highest BCUT2D eigenvalue weighted by Crippen LogP contribution is 2.18. The Kier molecular flexibility index (Phi) is 5.07. The molecular weight excluding hydrogens is 331 g/mol. The van der Waals surface area contributed by atoms with E-state index >= 15 is 0 Å². The lowest BCUT2D eigenvalue weighted by Crippen LogP contribution is -2.44. The van der Waals surface area contributed by atoms with Crippen LogP contribution in [0.25, 0.3) is 10.9 Å². The zero-order valence-corrected chi connectivity index (χ0v) is 12.1. The number of aromatic amines is 1. The number of ether oxygens (including phenoxy) is 1. The number of alkyl halides is 3. The number of fused-ring (bicyclic) bond motifs is 1. The fraction of sp³-hybridized carbons (Fsp3) is 0.214. The molecule has 7 nitrogen and oxygen atoms in total. The van der Waals surface area contributed by atoms with Gasteiger partial charge in [-0.25, -0.2) is 9.59 Å². The minimum absolute atomic E-state index is 0.194. The van der Waals surface area contributed by atoms with E-state index in [-0.39, 0.29) is 5.56 Å². The second kappa shape index (κ2) is 7.02. The van der Waals surface area contributed by atoms with E-state index in [4.69, 9.17) is 4.74 Å². The van der Waals surface area contributed by atoms with Crippen LogP contribution in [0.1, 0.15) is 10.4 Å². The van der Waals surface area contributed by atoms with E-state index in [0.29, 0.717) is 10.9 Å². The van der Waals surface area contributed by atoms with E-state index < -0.39 is 37.2 Å². The third-order valence-electron chi connectivity index (χ3n) is 2.85. The first-order valence-electron chi connectivity index (χ1n) is 6.64. The number of para-hydroxylation sites is 1. The Morgan fingerprint density at radius 3 is 2.58 bits per heavy atom. The van der Waals surface area contributed by atoms with Crippen molar-refractivity contribution >= 4 is 28.8 Å². The Morgan fingerprint density at radius 2 is 1.88 bits per heavy atom. The molecule has 0 saturated carbocycles. The molecule has 0 bridgehead atoms. The van der Waals surface area contributed by atoms with Crippen LogP contribution >= 0.6 is 0 Å². The first kappa shape index (κ1) is 17.3. The van der Waals surface area contributed by atoms with Gasteiger partial charge in [0.15, 0.2) is 6.61 Å². The Morgan fingerprint density at radius 1 is 1.17 bits per heavy atom. The van der Waals surface area contributed by atoms with Gasteiger partial charge in [0.1, 0.15) is 6.54 Å². The predicted octanol–water partition coefficient (Wildman–Crippen LogP) is 1.71. The number of rotatable bonds is 4. The average Bonchev–Trinajstić information content (AvgIpc) is 2.94. The number of hydrogen-bond donors (Lipinski definition) is 3. The Balaban J connectivity index is 1.83. The first-order chi connectivity index (χ1) is 11.3. The van der Waals surface area contributed by atoms with Crippen molar-refractivity contribution in [3.05, 3.63) is 36.0 Å². The molecule has 1 heterocycles. The zero-order valence-electron chi connectivity index (χ0n) is 12.1. The van der Waals surface area contributed by atoms with Gasteiger partial charge in [0, 0.05) is 17.1 Å². The number of halogens is 3. The Hall–Kier alpha value is -3.04. The normalized spacial score (nSPS) is 11.1. The summed E-state index contributed by atoms with van der Waals surface area (Å²) >= 11 is 0. The Bertz CT molecular complexity index is 770. The molecule has 128 valence electrons. The minimum Gasteiger partial charge on any atom is -0.452 e. The highest BCUT2D eigenvalue weighted by atomic mass is 19.4. The topological polar surface area (TPSA) is 100 Å². The minimum atomic E-state index is -4.60. The van der Waals surface area contributed by atoms with Crippen LogP contribution in [-0.4, -0.2) is 42.2 Å². The predicted molar refractivity (Wildman–Crippen MR) is 76.2 cm³/mol. The summed E-state index contributed by atoms with van der Waals surface area (Å²) in [4.78, 5) is 37.2. The third-order valence-corrected chi connectivity index (χ3v) is 2.85. The summed E-state index contributed by atoms with van der Waals surface area (Å²) in [5.74, 6) is -1.86. The maximum absolute atomic E-state index is 11.9. The quantitative estimate of drug-likeness (QED) is 0.736. The molecule has 0 atom stereocenters.